The summed E-state index contributed by atoms with van der Waals surface area (Å²) in [6.07, 6.45) is 0. The second-order valence-corrected chi connectivity index (χ2v) is 4.59. The molecule has 1 heterocycles. The standard InChI is InChI=1S/C14H15ClN2O2/c1-4-19-14(18)12-9(2)17(3)13(16-12)10-5-7-11(15)8-6-10/h5-8H,4H2,1-3H3. The number of nitrogens with zero attached hydrogens (tertiary/aromatic N) is 2. The summed E-state index contributed by atoms with van der Waals surface area (Å²) in [5.41, 5.74) is 2.04. The van der Waals surface area contributed by atoms with Gasteiger partial charge < -0.3 is 9.30 Å². The molecule has 0 amide bonds. The second kappa shape index (κ2) is 5.45. The number of carbonyl (C=O) groups excluding carboxylic acids is 1. The normalized spacial score (nSPS) is 10.5. The predicted octanol–water partition coefficient (Wildman–Crippen LogP) is 3.23. The van der Waals surface area contributed by atoms with Crippen LogP contribution in [0.15, 0.2) is 24.3 Å². The van der Waals surface area contributed by atoms with Crippen molar-refractivity contribution in [1.29, 1.82) is 0 Å². The number of hydrogen-bond acceptors (Lipinski definition) is 3. The van der Waals surface area contributed by atoms with Gasteiger partial charge in [0.2, 0.25) is 0 Å². The van der Waals surface area contributed by atoms with Crippen molar-refractivity contribution in [1.82, 2.24) is 9.55 Å². The first kappa shape index (κ1) is 13.6. The number of imidazole rings is 1. The van der Waals surface area contributed by atoms with E-state index in [1.54, 1.807) is 19.1 Å². The summed E-state index contributed by atoms with van der Waals surface area (Å²) in [5.74, 6) is 0.327. The fourth-order valence-corrected chi connectivity index (χ4v) is 1.96. The minimum absolute atomic E-state index is 0.338. The number of halogens is 1. The van der Waals surface area contributed by atoms with Gasteiger partial charge in [-0.3, -0.25) is 0 Å². The minimum Gasteiger partial charge on any atom is -0.461 e. The van der Waals surface area contributed by atoms with Gasteiger partial charge >= 0.3 is 5.97 Å². The Labute approximate surface area is 117 Å². The number of hydrogen-bond donors (Lipinski definition) is 0. The fourth-order valence-electron chi connectivity index (χ4n) is 1.83. The summed E-state index contributed by atoms with van der Waals surface area (Å²) in [6, 6.07) is 7.34. The third-order valence-corrected chi connectivity index (χ3v) is 3.20. The number of ether oxygens (including phenoxy) is 1. The van der Waals surface area contributed by atoms with Gasteiger partial charge in [0.25, 0.3) is 0 Å². The maximum absolute atomic E-state index is 11.8. The first-order chi connectivity index (χ1) is 9.04. The van der Waals surface area contributed by atoms with Gasteiger partial charge in [0, 0.05) is 23.3 Å². The largest absolute Gasteiger partial charge is 0.461 e. The lowest BCUT2D eigenvalue weighted by atomic mass is 10.2. The smallest absolute Gasteiger partial charge is 0.358 e. The summed E-state index contributed by atoms with van der Waals surface area (Å²) in [6.45, 7) is 3.96. The van der Waals surface area contributed by atoms with E-state index in [9.17, 15) is 4.79 Å². The molecule has 0 saturated heterocycles. The van der Waals surface area contributed by atoms with Crippen molar-refractivity contribution in [2.45, 2.75) is 13.8 Å². The first-order valence-electron chi connectivity index (χ1n) is 6.01. The van der Waals surface area contributed by atoms with Crippen molar-refractivity contribution < 1.29 is 9.53 Å². The van der Waals surface area contributed by atoms with Crippen LogP contribution in [0.2, 0.25) is 5.02 Å². The van der Waals surface area contributed by atoms with E-state index in [0.717, 1.165) is 17.1 Å². The quantitative estimate of drug-likeness (QED) is 0.810. The molecule has 0 aliphatic rings. The molecule has 0 radical (unpaired) electrons. The van der Waals surface area contributed by atoms with E-state index in [2.05, 4.69) is 4.98 Å². The summed E-state index contributed by atoms with van der Waals surface area (Å²) in [7, 11) is 1.87. The molecule has 0 aliphatic carbocycles. The Morgan fingerprint density at radius 3 is 2.58 bits per heavy atom. The molecule has 0 aliphatic heterocycles. The van der Waals surface area contributed by atoms with E-state index in [4.69, 9.17) is 16.3 Å². The molecule has 19 heavy (non-hydrogen) atoms. The van der Waals surface area contributed by atoms with Gasteiger partial charge in [-0.1, -0.05) is 11.6 Å². The van der Waals surface area contributed by atoms with Crippen LogP contribution >= 0.6 is 11.6 Å². The Bertz CT molecular complexity index is 603. The van der Waals surface area contributed by atoms with E-state index in [1.165, 1.54) is 0 Å². The number of esters is 1. The Kier molecular flexibility index (Phi) is 3.90. The molecular formula is C14H15ClN2O2. The van der Waals surface area contributed by atoms with E-state index in [0.29, 0.717) is 17.3 Å². The second-order valence-electron chi connectivity index (χ2n) is 4.16. The Morgan fingerprint density at radius 2 is 2.00 bits per heavy atom. The molecule has 2 rings (SSSR count). The van der Waals surface area contributed by atoms with E-state index in [-0.39, 0.29) is 0 Å². The molecular weight excluding hydrogens is 264 g/mol. The Hall–Kier alpha value is -1.81. The van der Waals surface area contributed by atoms with Gasteiger partial charge in [-0.2, -0.15) is 0 Å². The van der Waals surface area contributed by atoms with Gasteiger partial charge in [0.15, 0.2) is 5.69 Å². The van der Waals surface area contributed by atoms with E-state index < -0.39 is 5.97 Å². The lowest BCUT2D eigenvalue weighted by Crippen LogP contribution is -2.07. The van der Waals surface area contributed by atoms with Crippen molar-refractivity contribution in [2.75, 3.05) is 6.61 Å². The molecule has 5 heteroatoms. The van der Waals surface area contributed by atoms with Crippen LogP contribution in [-0.2, 0) is 11.8 Å². The monoisotopic (exact) mass is 278 g/mol. The highest BCUT2D eigenvalue weighted by atomic mass is 35.5. The molecule has 0 N–H and O–H groups in total. The van der Waals surface area contributed by atoms with Gasteiger partial charge in [-0.05, 0) is 38.1 Å². The highest BCUT2D eigenvalue weighted by Gasteiger charge is 2.19. The molecule has 0 unspecified atom stereocenters. The van der Waals surface area contributed by atoms with Crippen LogP contribution in [0.25, 0.3) is 11.4 Å². The topological polar surface area (TPSA) is 44.1 Å². The van der Waals surface area contributed by atoms with Crippen LogP contribution in [0, 0.1) is 6.92 Å². The molecule has 2 aromatic rings. The minimum atomic E-state index is -0.393. The molecule has 1 aromatic heterocycles. The number of aromatic nitrogens is 2. The predicted molar refractivity (Wildman–Crippen MR) is 74.3 cm³/mol. The lowest BCUT2D eigenvalue weighted by Gasteiger charge is -2.03. The zero-order valence-corrected chi connectivity index (χ0v) is 11.9. The zero-order valence-electron chi connectivity index (χ0n) is 11.1. The zero-order chi connectivity index (χ0) is 14.0. The number of benzene rings is 1. The highest BCUT2D eigenvalue weighted by Crippen LogP contribution is 2.23. The first-order valence-corrected chi connectivity index (χ1v) is 6.38. The summed E-state index contributed by atoms with van der Waals surface area (Å²) < 4.78 is 6.87. The molecule has 0 atom stereocenters. The van der Waals surface area contributed by atoms with Gasteiger partial charge in [-0.25, -0.2) is 9.78 Å². The summed E-state index contributed by atoms with van der Waals surface area (Å²) >= 11 is 5.87. The third-order valence-electron chi connectivity index (χ3n) is 2.95. The SMILES string of the molecule is CCOC(=O)c1nc(-c2ccc(Cl)cc2)n(C)c1C. The van der Waals surface area contributed by atoms with Crippen LogP contribution in [0.3, 0.4) is 0 Å². The lowest BCUT2D eigenvalue weighted by molar-refractivity contribution is 0.0519. The highest BCUT2D eigenvalue weighted by molar-refractivity contribution is 6.30. The summed E-state index contributed by atoms with van der Waals surface area (Å²) in [4.78, 5) is 16.2. The van der Waals surface area contributed by atoms with Crippen molar-refractivity contribution in [3.8, 4) is 11.4 Å². The average Bonchev–Trinajstić information content (AvgIpc) is 2.68. The molecule has 0 bridgehead atoms. The maximum atomic E-state index is 11.8. The third kappa shape index (κ3) is 2.63. The molecule has 1 aromatic carbocycles. The molecule has 4 nitrogen and oxygen atoms in total. The average molecular weight is 279 g/mol. The fraction of sp³-hybridized carbons (Fsp3) is 0.286. The Morgan fingerprint density at radius 1 is 1.37 bits per heavy atom. The Balaban J connectivity index is 2.45. The number of carbonyl (C=O) groups is 1. The van der Waals surface area contributed by atoms with Crippen LogP contribution in [0.4, 0.5) is 0 Å². The van der Waals surface area contributed by atoms with Crippen molar-refractivity contribution in [2.24, 2.45) is 7.05 Å². The van der Waals surface area contributed by atoms with Gasteiger partial charge in [0.05, 0.1) is 6.61 Å². The van der Waals surface area contributed by atoms with Crippen molar-refractivity contribution in [3.63, 3.8) is 0 Å². The van der Waals surface area contributed by atoms with Crippen LogP contribution < -0.4 is 0 Å². The van der Waals surface area contributed by atoms with E-state index >= 15 is 0 Å². The van der Waals surface area contributed by atoms with Crippen LogP contribution in [-0.4, -0.2) is 22.1 Å². The van der Waals surface area contributed by atoms with Crippen molar-refractivity contribution >= 4 is 17.6 Å². The molecule has 100 valence electrons. The molecule has 0 saturated carbocycles. The molecule has 0 fully saturated rings. The molecule has 0 spiro atoms. The number of rotatable bonds is 3. The van der Waals surface area contributed by atoms with Gasteiger partial charge in [-0.15, -0.1) is 0 Å². The van der Waals surface area contributed by atoms with Crippen LogP contribution in [0.1, 0.15) is 23.1 Å². The van der Waals surface area contributed by atoms with Gasteiger partial charge in [0.1, 0.15) is 5.82 Å². The van der Waals surface area contributed by atoms with E-state index in [1.807, 2.05) is 30.7 Å². The maximum Gasteiger partial charge on any atom is 0.358 e. The van der Waals surface area contributed by atoms with Crippen LogP contribution in [0.5, 0.6) is 0 Å². The van der Waals surface area contributed by atoms with Crippen molar-refractivity contribution in [3.05, 3.63) is 40.7 Å². The summed E-state index contributed by atoms with van der Waals surface area (Å²) in [5, 5.41) is 0.667.